The highest BCUT2D eigenvalue weighted by molar-refractivity contribution is 7.99. The number of carbonyl (C=O) groups is 2. The number of nitrogens with zero attached hydrogens (tertiary/aromatic N) is 3. The van der Waals surface area contributed by atoms with Crippen molar-refractivity contribution >= 4 is 46.9 Å². The number of carbonyl (C=O) groups excluding carboxylic acids is 2. The second kappa shape index (κ2) is 12.1. The van der Waals surface area contributed by atoms with Crippen LogP contribution in [0.2, 0.25) is 5.02 Å². The van der Waals surface area contributed by atoms with E-state index in [1.54, 1.807) is 68.3 Å². The minimum Gasteiger partial charge on any atom is -0.493 e. The normalized spacial score (nSPS) is 10.8. The molecule has 9 nitrogen and oxygen atoms in total. The molecule has 0 aliphatic carbocycles. The van der Waals surface area contributed by atoms with Gasteiger partial charge in [-0.2, -0.15) is 0 Å². The van der Waals surface area contributed by atoms with E-state index >= 15 is 0 Å². The summed E-state index contributed by atoms with van der Waals surface area (Å²) in [5.74, 6) is 1.46. The van der Waals surface area contributed by atoms with Crippen molar-refractivity contribution in [3.63, 3.8) is 0 Å². The van der Waals surface area contributed by atoms with Gasteiger partial charge in [-0.15, -0.1) is 10.2 Å². The first-order valence-corrected chi connectivity index (χ1v) is 11.5. The lowest BCUT2D eigenvalue weighted by molar-refractivity contribution is -0.116. The van der Waals surface area contributed by atoms with E-state index in [2.05, 4.69) is 20.8 Å². The van der Waals surface area contributed by atoms with Crippen LogP contribution >= 0.6 is 23.4 Å². The van der Waals surface area contributed by atoms with Crippen LogP contribution in [-0.4, -0.2) is 46.6 Å². The molecule has 0 unspecified atom stereocenters. The van der Waals surface area contributed by atoms with Gasteiger partial charge in [-0.3, -0.25) is 9.59 Å². The van der Waals surface area contributed by atoms with Crippen LogP contribution in [0.3, 0.4) is 0 Å². The molecule has 11 heteroatoms. The summed E-state index contributed by atoms with van der Waals surface area (Å²) >= 11 is 7.10. The summed E-state index contributed by atoms with van der Waals surface area (Å²) in [4.78, 5) is 24.4. The molecule has 0 radical (unpaired) electrons. The van der Waals surface area contributed by atoms with Crippen LogP contribution in [0, 0.1) is 0 Å². The van der Waals surface area contributed by atoms with Crippen molar-refractivity contribution in [2.45, 2.75) is 11.7 Å². The Hall–Kier alpha value is -3.50. The Morgan fingerprint density at radius 1 is 1.09 bits per heavy atom. The molecule has 1 heterocycles. The lowest BCUT2D eigenvalue weighted by Crippen LogP contribution is -2.22. The second-order valence-electron chi connectivity index (χ2n) is 6.97. The number of hydrogen-bond donors (Lipinski definition) is 2. The predicted octanol–water partition coefficient (Wildman–Crippen LogP) is 3.55. The SMILES string of the molecule is COc1ccc(/C=C/C(=O)NCc2nnc(SCC(=O)Nc3ccc(Cl)cc3)n2C)cc1OC. The van der Waals surface area contributed by atoms with E-state index < -0.39 is 0 Å². The van der Waals surface area contributed by atoms with Gasteiger partial charge in [-0.25, -0.2) is 0 Å². The van der Waals surface area contributed by atoms with Gasteiger partial charge < -0.3 is 24.7 Å². The highest BCUT2D eigenvalue weighted by Crippen LogP contribution is 2.28. The maximum Gasteiger partial charge on any atom is 0.244 e. The Morgan fingerprint density at radius 2 is 1.82 bits per heavy atom. The molecule has 2 N–H and O–H groups in total. The number of halogens is 1. The zero-order chi connectivity index (χ0) is 24.5. The topological polar surface area (TPSA) is 107 Å². The van der Waals surface area contributed by atoms with E-state index in [4.69, 9.17) is 21.1 Å². The van der Waals surface area contributed by atoms with Crippen molar-refractivity contribution in [3.8, 4) is 11.5 Å². The molecule has 0 atom stereocenters. The highest BCUT2D eigenvalue weighted by atomic mass is 35.5. The number of rotatable bonds is 10. The van der Waals surface area contributed by atoms with Gasteiger partial charge in [-0.05, 0) is 48.0 Å². The third-order valence-electron chi connectivity index (χ3n) is 4.64. The third kappa shape index (κ3) is 7.00. The molecule has 178 valence electrons. The number of aromatic nitrogens is 3. The molecule has 3 rings (SSSR count). The molecule has 0 bridgehead atoms. The van der Waals surface area contributed by atoms with E-state index in [0.717, 1.165) is 5.56 Å². The molecule has 34 heavy (non-hydrogen) atoms. The molecule has 0 saturated heterocycles. The lowest BCUT2D eigenvalue weighted by Gasteiger charge is -2.07. The van der Waals surface area contributed by atoms with Crippen LogP contribution in [0.4, 0.5) is 5.69 Å². The van der Waals surface area contributed by atoms with Crippen LogP contribution < -0.4 is 20.1 Å². The fourth-order valence-corrected chi connectivity index (χ4v) is 3.69. The average Bonchev–Trinajstić information content (AvgIpc) is 3.20. The number of anilines is 1. The van der Waals surface area contributed by atoms with Gasteiger partial charge in [0.1, 0.15) is 0 Å². The van der Waals surface area contributed by atoms with Gasteiger partial charge in [0.05, 0.1) is 26.5 Å². The minimum absolute atomic E-state index is 0.162. The molecule has 0 saturated carbocycles. The Labute approximate surface area is 206 Å². The summed E-state index contributed by atoms with van der Waals surface area (Å²) in [6.45, 7) is 0.191. The zero-order valence-corrected chi connectivity index (χ0v) is 20.4. The van der Waals surface area contributed by atoms with E-state index in [1.165, 1.54) is 17.8 Å². The largest absolute Gasteiger partial charge is 0.493 e. The molecule has 0 aliphatic heterocycles. The fraction of sp³-hybridized carbons (Fsp3) is 0.217. The maximum absolute atomic E-state index is 12.2. The smallest absolute Gasteiger partial charge is 0.244 e. The first-order chi connectivity index (χ1) is 16.4. The number of nitrogens with one attached hydrogen (secondary N) is 2. The van der Waals surface area contributed by atoms with Gasteiger partial charge in [-0.1, -0.05) is 29.4 Å². The van der Waals surface area contributed by atoms with Crippen molar-refractivity contribution in [1.82, 2.24) is 20.1 Å². The zero-order valence-electron chi connectivity index (χ0n) is 18.9. The number of thioether (sulfide) groups is 1. The lowest BCUT2D eigenvalue weighted by atomic mass is 10.2. The van der Waals surface area contributed by atoms with Crippen LogP contribution in [-0.2, 0) is 23.2 Å². The van der Waals surface area contributed by atoms with E-state index in [9.17, 15) is 9.59 Å². The fourth-order valence-electron chi connectivity index (χ4n) is 2.84. The van der Waals surface area contributed by atoms with Crippen LogP contribution in [0.15, 0.2) is 53.7 Å². The standard InChI is InChI=1S/C23H24ClN5O4S/c1-29-20(13-25-21(30)11-5-15-4-10-18(32-2)19(12-15)33-3)27-28-23(29)34-14-22(31)26-17-8-6-16(24)7-9-17/h4-12H,13-14H2,1-3H3,(H,25,30)(H,26,31)/b11-5+. The third-order valence-corrected chi connectivity index (χ3v) is 5.91. The van der Waals surface area contributed by atoms with Gasteiger partial charge >= 0.3 is 0 Å². The van der Waals surface area contributed by atoms with Gasteiger partial charge in [0.15, 0.2) is 22.5 Å². The van der Waals surface area contributed by atoms with Gasteiger partial charge in [0, 0.05) is 23.8 Å². The molecule has 1 aromatic heterocycles. The summed E-state index contributed by atoms with van der Waals surface area (Å²) in [7, 11) is 4.89. The summed E-state index contributed by atoms with van der Waals surface area (Å²) in [5, 5.41) is 14.9. The number of methoxy groups -OCH3 is 2. The number of ether oxygens (including phenoxy) is 2. The van der Waals surface area contributed by atoms with Gasteiger partial charge in [0.25, 0.3) is 0 Å². The van der Waals surface area contributed by atoms with Gasteiger partial charge in [0.2, 0.25) is 11.8 Å². The van der Waals surface area contributed by atoms with Crippen LogP contribution in [0.5, 0.6) is 11.5 Å². The van der Waals surface area contributed by atoms with Crippen LogP contribution in [0.1, 0.15) is 11.4 Å². The highest BCUT2D eigenvalue weighted by Gasteiger charge is 2.12. The van der Waals surface area contributed by atoms with Crippen molar-refractivity contribution in [1.29, 1.82) is 0 Å². The van der Waals surface area contributed by atoms with E-state index in [-0.39, 0.29) is 24.1 Å². The van der Waals surface area contributed by atoms with E-state index in [0.29, 0.717) is 33.2 Å². The summed E-state index contributed by atoms with van der Waals surface area (Å²) in [5.41, 5.74) is 1.46. The Kier molecular flexibility index (Phi) is 8.94. The maximum atomic E-state index is 12.2. The molecule has 0 aliphatic rings. The minimum atomic E-state index is -0.283. The molecule has 2 amide bonds. The van der Waals surface area contributed by atoms with Crippen molar-refractivity contribution < 1.29 is 19.1 Å². The second-order valence-corrected chi connectivity index (χ2v) is 8.35. The molecular weight excluding hydrogens is 478 g/mol. The first-order valence-electron chi connectivity index (χ1n) is 10.1. The Bertz CT molecular complexity index is 1180. The number of benzene rings is 2. The van der Waals surface area contributed by atoms with Crippen LogP contribution in [0.25, 0.3) is 6.08 Å². The predicted molar refractivity (Wildman–Crippen MR) is 132 cm³/mol. The number of hydrogen-bond acceptors (Lipinski definition) is 7. The molecule has 2 aromatic carbocycles. The molecule has 0 spiro atoms. The first kappa shape index (κ1) is 25.1. The summed E-state index contributed by atoms with van der Waals surface area (Å²) in [6.07, 6.45) is 3.10. The quantitative estimate of drug-likeness (QED) is 0.323. The Balaban J connectivity index is 1.49. The Morgan fingerprint density at radius 3 is 2.53 bits per heavy atom. The average molecular weight is 502 g/mol. The summed E-state index contributed by atoms with van der Waals surface area (Å²) < 4.78 is 12.2. The van der Waals surface area contributed by atoms with Crippen molar-refractivity contribution in [2.24, 2.45) is 7.05 Å². The van der Waals surface area contributed by atoms with E-state index in [1.807, 2.05) is 6.07 Å². The monoisotopic (exact) mass is 501 g/mol. The molecular formula is C23H24ClN5O4S. The van der Waals surface area contributed by atoms with Crippen molar-refractivity contribution in [2.75, 3.05) is 25.3 Å². The molecule has 0 fully saturated rings. The van der Waals surface area contributed by atoms with Crippen molar-refractivity contribution in [3.05, 3.63) is 65.0 Å². The molecule has 3 aromatic rings. The summed E-state index contributed by atoms with van der Waals surface area (Å²) in [6, 6.07) is 12.2. The number of amides is 2.